The molecule has 3 rings (SSSR count). The Hall–Kier alpha value is -2.56. The van der Waals surface area contributed by atoms with Crippen LogP contribution in [0.1, 0.15) is 19.1 Å². The first kappa shape index (κ1) is 13.4. The van der Waals surface area contributed by atoms with E-state index < -0.39 is 0 Å². The van der Waals surface area contributed by atoms with E-state index in [2.05, 4.69) is 22.4 Å². The zero-order valence-corrected chi connectivity index (χ0v) is 11.8. The van der Waals surface area contributed by atoms with Crippen molar-refractivity contribution in [3.63, 3.8) is 0 Å². The van der Waals surface area contributed by atoms with Gasteiger partial charge in [0.25, 0.3) is 0 Å². The van der Waals surface area contributed by atoms with Crippen molar-refractivity contribution < 1.29 is 8.94 Å². The quantitative estimate of drug-likeness (QED) is 0.746. The molecule has 0 aliphatic heterocycles. The molecule has 108 valence electrons. The molecule has 2 heterocycles. The Kier molecular flexibility index (Phi) is 4.00. The lowest BCUT2D eigenvalue weighted by molar-refractivity contribution is 0.425. The number of anilines is 1. The first-order valence-electron chi connectivity index (χ1n) is 6.99. The summed E-state index contributed by atoms with van der Waals surface area (Å²) in [6.45, 7) is 2.08. The second kappa shape index (κ2) is 6.26. The van der Waals surface area contributed by atoms with Crippen molar-refractivity contribution in [2.45, 2.75) is 25.8 Å². The van der Waals surface area contributed by atoms with Gasteiger partial charge in [-0.15, -0.1) is 0 Å². The highest BCUT2D eigenvalue weighted by molar-refractivity contribution is 5.54. The van der Waals surface area contributed by atoms with Crippen molar-refractivity contribution in [2.75, 3.05) is 5.32 Å². The molecular formula is C16H17N3O2. The molecule has 0 aliphatic rings. The Morgan fingerprint density at radius 3 is 2.76 bits per heavy atom. The van der Waals surface area contributed by atoms with Crippen LogP contribution in [0.4, 0.5) is 6.01 Å². The van der Waals surface area contributed by atoms with Gasteiger partial charge in [-0.05, 0) is 25.5 Å². The van der Waals surface area contributed by atoms with Gasteiger partial charge in [-0.3, -0.25) is 0 Å². The summed E-state index contributed by atoms with van der Waals surface area (Å²) in [5.41, 5.74) is 0.942. The number of aryl methyl sites for hydroxylation is 1. The van der Waals surface area contributed by atoms with E-state index in [-0.39, 0.29) is 6.04 Å². The Labute approximate surface area is 123 Å². The normalized spacial score (nSPS) is 12.2. The van der Waals surface area contributed by atoms with E-state index in [9.17, 15) is 0 Å². The standard InChI is InChI=1S/C16H17N3O2/c1-12(9-10-14-8-5-11-20-14)17-16-18-15(19-21-16)13-6-3-2-4-7-13/h2-8,11-12H,9-10H2,1H3,(H,17,18,19)/t12-/m1/s1. The SMILES string of the molecule is C[C@H](CCc1ccco1)Nc1nc(-c2ccccc2)no1. The lowest BCUT2D eigenvalue weighted by Crippen LogP contribution is -2.16. The number of hydrogen-bond acceptors (Lipinski definition) is 5. The van der Waals surface area contributed by atoms with Crippen LogP contribution in [0.15, 0.2) is 57.7 Å². The third-order valence-electron chi connectivity index (χ3n) is 3.23. The van der Waals surface area contributed by atoms with Gasteiger partial charge in [0.15, 0.2) is 0 Å². The van der Waals surface area contributed by atoms with Crippen LogP contribution in [0, 0.1) is 0 Å². The number of rotatable bonds is 6. The van der Waals surface area contributed by atoms with E-state index in [1.54, 1.807) is 6.26 Å². The summed E-state index contributed by atoms with van der Waals surface area (Å²) in [4.78, 5) is 4.35. The monoisotopic (exact) mass is 283 g/mol. The summed E-state index contributed by atoms with van der Waals surface area (Å²) in [5, 5.41) is 7.19. The molecule has 0 spiro atoms. The van der Waals surface area contributed by atoms with Crippen LogP contribution in [0.3, 0.4) is 0 Å². The van der Waals surface area contributed by atoms with Crippen LogP contribution in [-0.2, 0) is 6.42 Å². The Bertz CT molecular complexity index is 662. The van der Waals surface area contributed by atoms with Gasteiger partial charge in [0.05, 0.1) is 6.26 Å². The predicted octanol–water partition coefficient (Wildman–Crippen LogP) is 3.76. The maximum atomic E-state index is 5.32. The minimum absolute atomic E-state index is 0.221. The van der Waals surface area contributed by atoms with Crippen molar-refractivity contribution in [3.8, 4) is 11.4 Å². The topological polar surface area (TPSA) is 64.1 Å². The Morgan fingerprint density at radius 1 is 1.14 bits per heavy atom. The van der Waals surface area contributed by atoms with E-state index in [0.717, 1.165) is 24.2 Å². The fraction of sp³-hybridized carbons (Fsp3) is 0.250. The zero-order valence-electron chi connectivity index (χ0n) is 11.8. The Morgan fingerprint density at radius 2 is 2.00 bits per heavy atom. The molecule has 0 saturated heterocycles. The highest BCUT2D eigenvalue weighted by atomic mass is 16.5. The molecule has 0 fully saturated rings. The molecule has 5 nitrogen and oxygen atoms in total. The average Bonchev–Trinajstić information content (AvgIpc) is 3.17. The maximum Gasteiger partial charge on any atom is 0.321 e. The molecule has 1 atom stereocenters. The smallest absolute Gasteiger partial charge is 0.321 e. The van der Waals surface area contributed by atoms with Crippen molar-refractivity contribution in [1.29, 1.82) is 0 Å². The van der Waals surface area contributed by atoms with E-state index in [4.69, 9.17) is 8.94 Å². The van der Waals surface area contributed by atoms with Crippen molar-refractivity contribution in [1.82, 2.24) is 10.1 Å². The molecule has 1 N–H and O–H groups in total. The molecule has 0 aliphatic carbocycles. The number of benzene rings is 1. The average molecular weight is 283 g/mol. The summed E-state index contributed by atoms with van der Waals surface area (Å²) >= 11 is 0. The minimum Gasteiger partial charge on any atom is -0.469 e. The van der Waals surface area contributed by atoms with Gasteiger partial charge in [-0.1, -0.05) is 35.5 Å². The highest BCUT2D eigenvalue weighted by Crippen LogP contribution is 2.18. The molecule has 1 aromatic carbocycles. The minimum atomic E-state index is 0.221. The van der Waals surface area contributed by atoms with Crippen molar-refractivity contribution in [2.24, 2.45) is 0 Å². The molecule has 21 heavy (non-hydrogen) atoms. The molecule has 0 radical (unpaired) electrons. The van der Waals surface area contributed by atoms with E-state index in [0.29, 0.717) is 11.8 Å². The van der Waals surface area contributed by atoms with Crippen LogP contribution in [0.5, 0.6) is 0 Å². The lowest BCUT2D eigenvalue weighted by atomic mass is 10.1. The third kappa shape index (κ3) is 3.51. The van der Waals surface area contributed by atoms with Gasteiger partial charge >= 0.3 is 6.01 Å². The van der Waals surface area contributed by atoms with Gasteiger partial charge in [0.2, 0.25) is 5.82 Å². The molecule has 0 bridgehead atoms. The summed E-state index contributed by atoms with van der Waals surface area (Å²) in [5.74, 6) is 1.58. The van der Waals surface area contributed by atoms with E-state index >= 15 is 0 Å². The number of furan rings is 1. The molecule has 0 saturated carbocycles. The summed E-state index contributed by atoms with van der Waals surface area (Å²) in [7, 11) is 0. The van der Waals surface area contributed by atoms with Gasteiger partial charge in [-0.2, -0.15) is 4.98 Å². The number of hydrogen-bond donors (Lipinski definition) is 1. The van der Waals surface area contributed by atoms with Crippen LogP contribution >= 0.6 is 0 Å². The number of aromatic nitrogens is 2. The van der Waals surface area contributed by atoms with E-state index in [1.165, 1.54) is 0 Å². The second-order valence-electron chi connectivity index (χ2n) is 4.95. The van der Waals surface area contributed by atoms with Crippen LogP contribution < -0.4 is 5.32 Å². The zero-order chi connectivity index (χ0) is 14.5. The molecule has 5 heteroatoms. The Balaban J connectivity index is 1.57. The van der Waals surface area contributed by atoms with Gasteiger partial charge in [0, 0.05) is 18.0 Å². The summed E-state index contributed by atoms with van der Waals surface area (Å²) in [6, 6.07) is 14.3. The predicted molar refractivity (Wildman–Crippen MR) is 79.8 cm³/mol. The third-order valence-corrected chi connectivity index (χ3v) is 3.23. The molecule has 3 aromatic rings. The first-order chi connectivity index (χ1) is 10.3. The number of nitrogens with zero attached hydrogens (tertiary/aromatic N) is 2. The van der Waals surface area contributed by atoms with Gasteiger partial charge < -0.3 is 14.3 Å². The second-order valence-corrected chi connectivity index (χ2v) is 4.95. The molecule has 0 amide bonds. The summed E-state index contributed by atoms with van der Waals surface area (Å²) in [6.07, 6.45) is 3.50. The molecule has 2 aromatic heterocycles. The molecule has 0 unspecified atom stereocenters. The first-order valence-corrected chi connectivity index (χ1v) is 6.99. The fourth-order valence-electron chi connectivity index (χ4n) is 2.08. The fourth-order valence-corrected chi connectivity index (χ4v) is 2.08. The van der Waals surface area contributed by atoms with Gasteiger partial charge in [-0.25, -0.2) is 0 Å². The van der Waals surface area contributed by atoms with Gasteiger partial charge in [0.1, 0.15) is 5.76 Å². The van der Waals surface area contributed by atoms with Crippen LogP contribution in [0.25, 0.3) is 11.4 Å². The van der Waals surface area contributed by atoms with Crippen molar-refractivity contribution in [3.05, 3.63) is 54.5 Å². The molecular weight excluding hydrogens is 266 g/mol. The summed E-state index contributed by atoms with van der Waals surface area (Å²) < 4.78 is 10.5. The van der Waals surface area contributed by atoms with Crippen LogP contribution in [-0.4, -0.2) is 16.2 Å². The number of nitrogens with one attached hydrogen (secondary N) is 1. The lowest BCUT2D eigenvalue weighted by Gasteiger charge is -2.09. The maximum absolute atomic E-state index is 5.32. The van der Waals surface area contributed by atoms with Crippen LogP contribution in [0.2, 0.25) is 0 Å². The highest BCUT2D eigenvalue weighted by Gasteiger charge is 2.11. The van der Waals surface area contributed by atoms with Crippen molar-refractivity contribution >= 4 is 6.01 Å². The largest absolute Gasteiger partial charge is 0.469 e. The van der Waals surface area contributed by atoms with E-state index in [1.807, 2.05) is 42.5 Å².